The molecule has 1 aliphatic carbocycles. The Morgan fingerprint density at radius 3 is 2.33 bits per heavy atom. The van der Waals surface area contributed by atoms with E-state index in [1.54, 1.807) is 0 Å². The summed E-state index contributed by atoms with van der Waals surface area (Å²) in [5, 5.41) is 0. The minimum absolute atomic E-state index is 0.0143. The van der Waals surface area contributed by atoms with Crippen LogP contribution in [0.1, 0.15) is 25.7 Å². The molecule has 1 saturated heterocycles. The molecule has 0 aromatic heterocycles. The number of sulfone groups is 1. The van der Waals surface area contributed by atoms with Crippen molar-refractivity contribution in [1.29, 1.82) is 0 Å². The second-order valence-corrected chi connectivity index (χ2v) is 7.12. The molecule has 1 aliphatic heterocycles. The molecule has 1 saturated carbocycles. The molecule has 2 fully saturated rings. The first-order valence-corrected chi connectivity index (χ1v) is 6.92. The third-order valence-electron chi connectivity index (χ3n) is 3.45. The summed E-state index contributed by atoms with van der Waals surface area (Å²) in [5.41, 5.74) is 4.88. The van der Waals surface area contributed by atoms with Crippen molar-refractivity contribution in [2.45, 2.75) is 37.1 Å². The van der Waals surface area contributed by atoms with Gasteiger partial charge in [-0.25, -0.2) is 17.2 Å². The smallest absolute Gasteiger partial charge is 0.251 e. The average Bonchev–Trinajstić information content (AvgIpc) is 1.98. The van der Waals surface area contributed by atoms with Crippen LogP contribution in [0.4, 0.5) is 8.78 Å². The van der Waals surface area contributed by atoms with Crippen LogP contribution in [0.25, 0.3) is 0 Å². The summed E-state index contributed by atoms with van der Waals surface area (Å²) in [5.74, 6) is -2.80. The molecule has 1 unspecified atom stereocenters. The van der Waals surface area contributed by atoms with Crippen LogP contribution in [0.5, 0.6) is 0 Å². The maximum atomic E-state index is 12.8. The second kappa shape index (κ2) is 3.13. The highest BCUT2D eigenvalue weighted by molar-refractivity contribution is 7.91. The fraction of sp³-hybridized carbons (Fsp3) is 1.00. The zero-order valence-electron chi connectivity index (χ0n) is 8.38. The van der Waals surface area contributed by atoms with E-state index in [1.165, 1.54) is 0 Å². The first-order valence-electron chi connectivity index (χ1n) is 5.10. The normalized spacial score (nSPS) is 36.9. The van der Waals surface area contributed by atoms with Crippen LogP contribution in [0.15, 0.2) is 0 Å². The molecule has 1 atom stereocenters. The van der Waals surface area contributed by atoms with E-state index in [-0.39, 0.29) is 30.3 Å². The predicted molar refractivity (Wildman–Crippen MR) is 52.5 cm³/mol. The molecule has 2 rings (SSSR count). The molecule has 0 aromatic rings. The van der Waals surface area contributed by atoms with E-state index in [4.69, 9.17) is 5.73 Å². The molecule has 6 heteroatoms. The Kier molecular flexibility index (Phi) is 2.35. The van der Waals surface area contributed by atoms with Gasteiger partial charge in [-0.2, -0.15) is 0 Å². The van der Waals surface area contributed by atoms with E-state index < -0.39 is 21.3 Å². The molecule has 0 radical (unpaired) electrons. The first-order chi connectivity index (χ1) is 6.73. The zero-order chi connectivity index (χ0) is 11.3. The monoisotopic (exact) mass is 239 g/mol. The van der Waals surface area contributed by atoms with Crippen molar-refractivity contribution in [2.75, 3.05) is 11.5 Å². The third-order valence-corrected chi connectivity index (χ3v) is 5.27. The summed E-state index contributed by atoms with van der Waals surface area (Å²) in [7, 11) is -3.05. The van der Waals surface area contributed by atoms with Gasteiger partial charge in [0, 0.05) is 18.4 Å². The van der Waals surface area contributed by atoms with Crippen molar-refractivity contribution in [2.24, 2.45) is 11.7 Å². The van der Waals surface area contributed by atoms with Crippen LogP contribution in [-0.4, -0.2) is 31.4 Å². The first kappa shape index (κ1) is 11.3. The van der Waals surface area contributed by atoms with Crippen LogP contribution < -0.4 is 5.73 Å². The van der Waals surface area contributed by atoms with Gasteiger partial charge in [0.2, 0.25) is 0 Å². The minimum Gasteiger partial charge on any atom is -0.324 e. The summed E-state index contributed by atoms with van der Waals surface area (Å²) in [6.07, 6.45) is 0.490. The third kappa shape index (κ3) is 2.15. The second-order valence-electron chi connectivity index (χ2n) is 4.90. The molecule has 15 heavy (non-hydrogen) atoms. The van der Waals surface area contributed by atoms with E-state index in [9.17, 15) is 17.2 Å². The van der Waals surface area contributed by atoms with Crippen LogP contribution in [-0.2, 0) is 9.84 Å². The topological polar surface area (TPSA) is 60.2 Å². The van der Waals surface area contributed by atoms with Gasteiger partial charge in [-0.3, -0.25) is 0 Å². The number of hydrogen-bond acceptors (Lipinski definition) is 3. The molecule has 0 aromatic carbocycles. The van der Waals surface area contributed by atoms with Crippen LogP contribution in [0, 0.1) is 5.92 Å². The highest BCUT2D eigenvalue weighted by Gasteiger charge is 2.58. The van der Waals surface area contributed by atoms with Crippen LogP contribution in [0.3, 0.4) is 0 Å². The van der Waals surface area contributed by atoms with Gasteiger partial charge in [-0.1, -0.05) is 0 Å². The lowest BCUT2D eigenvalue weighted by Crippen LogP contribution is -2.64. The van der Waals surface area contributed by atoms with Gasteiger partial charge in [0.05, 0.1) is 11.5 Å². The summed E-state index contributed by atoms with van der Waals surface area (Å²) in [4.78, 5) is 0. The Morgan fingerprint density at radius 2 is 1.87 bits per heavy atom. The van der Waals surface area contributed by atoms with Crippen molar-refractivity contribution < 1.29 is 17.2 Å². The summed E-state index contributed by atoms with van der Waals surface area (Å²) >= 11 is 0. The summed E-state index contributed by atoms with van der Waals surface area (Å²) in [6.45, 7) is 0. The number of alkyl halides is 2. The molecule has 88 valence electrons. The lowest BCUT2D eigenvalue weighted by Gasteiger charge is -2.50. The largest absolute Gasteiger partial charge is 0.324 e. The molecule has 1 heterocycles. The standard InChI is InChI=1S/C9H15F2NO2S/c10-9(11)5-8(12,6-9)7-2-1-3-15(13,14)4-7/h7H,1-6,12H2. The Morgan fingerprint density at radius 1 is 1.27 bits per heavy atom. The van der Waals surface area contributed by atoms with E-state index in [0.29, 0.717) is 12.8 Å². The lowest BCUT2D eigenvalue weighted by molar-refractivity contribution is -0.137. The van der Waals surface area contributed by atoms with E-state index in [1.807, 2.05) is 0 Å². The fourth-order valence-corrected chi connectivity index (χ4v) is 4.56. The van der Waals surface area contributed by atoms with Gasteiger partial charge in [-0.15, -0.1) is 0 Å². The van der Waals surface area contributed by atoms with Gasteiger partial charge in [0.15, 0.2) is 9.84 Å². The number of hydrogen-bond donors (Lipinski definition) is 1. The molecule has 2 aliphatic rings. The highest BCUT2D eigenvalue weighted by Crippen LogP contribution is 2.49. The Bertz CT molecular complexity index is 358. The minimum atomic E-state index is -3.05. The number of halogens is 2. The summed E-state index contributed by atoms with van der Waals surface area (Å²) in [6, 6.07) is 0. The SMILES string of the molecule is NC1(C2CCCS(=O)(=O)C2)CC(F)(F)C1. The number of rotatable bonds is 1. The van der Waals surface area contributed by atoms with Crippen molar-refractivity contribution in [3.05, 3.63) is 0 Å². The maximum Gasteiger partial charge on any atom is 0.251 e. The Balaban J connectivity index is 2.06. The Labute approximate surface area is 87.9 Å². The van der Waals surface area contributed by atoms with Gasteiger partial charge in [0.25, 0.3) is 5.92 Å². The van der Waals surface area contributed by atoms with Crippen molar-refractivity contribution in [1.82, 2.24) is 0 Å². The lowest BCUT2D eigenvalue weighted by atomic mass is 9.65. The van der Waals surface area contributed by atoms with Crippen molar-refractivity contribution in [3.63, 3.8) is 0 Å². The average molecular weight is 239 g/mol. The highest BCUT2D eigenvalue weighted by atomic mass is 32.2. The van der Waals surface area contributed by atoms with E-state index in [0.717, 1.165) is 0 Å². The molecule has 0 spiro atoms. The van der Waals surface area contributed by atoms with Crippen molar-refractivity contribution in [3.8, 4) is 0 Å². The molecule has 2 N–H and O–H groups in total. The summed E-state index contributed by atoms with van der Waals surface area (Å²) < 4.78 is 48.2. The maximum absolute atomic E-state index is 12.8. The number of nitrogens with two attached hydrogens (primary N) is 1. The molecular weight excluding hydrogens is 224 g/mol. The van der Waals surface area contributed by atoms with E-state index in [2.05, 4.69) is 0 Å². The Hall–Kier alpha value is -0.230. The van der Waals surface area contributed by atoms with Gasteiger partial charge in [0.1, 0.15) is 0 Å². The van der Waals surface area contributed by atoms with Gasteiger partial charge in [-0.05, 0) is 18.8 Å². The van der Waals surface area contributed by atoms with Crippen LogP contribution in [0.2, 0.25) is 0 Å². The quantitative estimate of drug-likeness (QED) is 0.740. The molecule has 0 bridgehead atoms. The van der Waals surface area contributed by atoms with Crippen LogP contribution >= 0.6 is 0 Å². The zero-order valence-corrected chi connectivity index (χ0v) is 9.19. The predicted octanol–water partition coefficient (Wildman–Crippen LogP) is 0.938. The van der Waals surface area contributed by atoms with Gasteiger partial charge >= 0.3 is 0 Å². The molecule has 0 amide bonds. The van der Waals surface area contributed by atoms with Crippen molar-refractivity contribution >= 4 is 9.84 Å². The molecular formula is C9H15F2NO2S. The molecule has 3 nitrogen and oxygen atoms in total. The fourth-order valence-electron chi connectivity index (χ4n) is 2.68. The van der Waals surface area contributed by atoms with E-state index >= 15 is 0 Å². The van der Waals surface area contributed by atoms with Gasteiger partial charge < -0.3 is 5.73 Å².